The summed E-state index contributed by atoms with van der Waals surface area (Å²) in [5.74, 6) is -0.946. The first-order valence-electron chi connectivity index (χ1n) is 12.0. The largest absolute Gasteiger partial charge is 0.507 e. The number of hydrogen-bond donors (Lipinski definition) is 1. The average Bonchev–Trinajstić information content (AvgIpc) is 3.19. The standard InChI is InChI=1S/C29H29ClN2O5/c1-5-31(6-2)20-10-12-21(13-11-20)32-26(18-7-14-22(36-3)15-8-18)25(28(34)29(32)35)27(33)23-17-19(30)9-16-24(23)37-4/h7-17,26,33H,5-6H2,1-4H3/b27-25+. The maximum absolute atomic E-state index is 13.5. The number of carbonyl (C=O) groups excluding carboxylic acids is 2. The molecule has 1 saturated heterocycles. The van der Waals surface area contributed by atoms with Crippen LogP contribution in [-0.2, 0) is 9.59 Å². The van der Waals surface area contributed by atoms with Crippen LogP contribution in [0.3, 0.4) is 0 Å². The molecule has 0 aliphatic carbocycles. The smallest absolute Gasteiger partial charge is 0.300 e. The molecule has 1 aliphatic rings. The van der Waals surface area contributed by atoms with E-state index in [4.69, 9.17) is 21.1 Å². The molecule has 192 valence electrons. The lowest BCUT2D eigenvalue weighted by Crippen LogP contribution is -2.29. The molecule has 1 unspecified atom stereocenters. The van der Waals surface area contributed by atoms with Crippen LogP contribution < -0.4 is 19.3 Å². The zero-order valence-electron chi connectivity index (χ0n) is 21.2. The number of hydrogen-bond acceptors (Lipinski definition) is 6. The number of carbonyl (C=O) groups is 2. The van der Waals surface area contributed by atoms with E-state index < -0.39 is 17.7 Å². The van der Waals surface area contributed by atoms with Crippen molar-refractivity contribution in [3.05, 3.63) is 88.5 Å². The van der Waals surface area contributed by atoms with Crippen molar-refractivity contribution in [2.75, 3.05) is 37.1 Å². The van der Waals surface area contributed by atoms with Gasteiger partial charge in [-0.05, 0) is 74.0 Å². The first kappa shape index (κ1) is 26.1. The van der Waals surface area contributed by atoms with Crippen LogP contribution >= 0.6 is 11.6 Å². The molecule has 1 fully saturated rings. The summed E-state index contributed by atoms with van der Waals surface area (Å²) >= 11 is 6.20. The summed E-state index contributed by atoms with van der Waals surface area (Å²) in [7, 11) is 3.01. The number of rotatable bonds is 8. The second-order valence-electron chi connectivity index (χ2n) is 8.48. The lowest BCUT2D eigenvalue weighted by atomic mass is 9.94. The minimum Gasteiger partial charge on any atom is -0.507 e. The Labute approximate surface area is 221 Å². The molecule has 0 bridgehead atoms. The quantitative estimate of drug-likeness (QED) is 0.229. The molecule has 0 saturated carbocycles. The normalized spacial score (nSPS) is 16.7. The second kappa shape index (κ2) is 11.0. The number of amides is 1. The second-order valence-corrected chi connectivity index (χ2v) is 8.91. The summed E-state index contributed by atoms with van der Waals surface area (Å²) in [6.07, 6.45) is 0. The lowest BCUT2D eigenvalue weighted by molar-refractivity contribution is -0.132. The van der Waals surface area contributed by atoms with E-state index in [2.05, 4.69) is 18.7 Å². The van der Waals surface area contributed by atoms with E-state index in [-0.39, 0.29) is 16.9 Å². The van der Waals surface area contributed by atoms with Crippen molar-refractivity contribution in [2.45, 2.75) is 19.9 Å². The monoisotopic (exact) mass is 520 g/mol. The summed E-state index contributed by atoms with van der Waals surface area (Å²) in [6, 6.07) is 18.4. The summed E-state index contributed by atoms with van der Waals surface area (Å²) in [4.78, 5) is 30.5. The van der Waals surface area contributed by atoms with Crippen LogP contribution in [0, 0.1) is 0 Å². The molecule has 8 heteroatoms. The van der Waals surface area contributed by atoms with Crippen molar-refractivity contribution in [3.63, 3.8) is 0 Å². The van der Waals surface area contributed by atoms with Gasteiger partial charge < -0.3 is 19.5 Å². The third-order valence-electron chi connectivity index (χ3n) is 6.55. The predicted molar refractivity (Wildman–Crippen MR) is 146 cm³/mol. The van der Waals surface area contributed by atoms with E-state index in [1.165, 1.54) is 18.1 Å². The van der Waals surface area contributed by atoms with Gasteiger partial charge in [0.1, 0.15) is 17.3 Å². The third-order valence-corrected chi connectivity index (χ3v) is 6.78. The van der Waals surface area contributed by atoms with E-state index in [1.807, 2.05) is 24.3 Å². The number of halogens is 1. The van der Waals surface area contributed by atoms with Crippen LogP contribution in [0.2, 0.25) is 5.02 Å². The third kappa shape index (κ3) is 4.87. The molecule has 3 aromatic rings. The molecule has 0 radical (unpaired) electrons. The van der Waals surface area contributed by atoms with Crippen LogP contribution in [0.15, 0.2) is 72.3 Å². The van der Waals surface area contributed by atoms with Crippen molar-refractivity contribution in [3.8, 4) is 11.5 Å². The number of aliphatic hydroxyl groups is 1. The first-order chi connectivity index (χ1) is 17.8. The number of Topliss-reactive ketones (excluding diaryl/α,β-unsaturated/α-hetero) is 1. The van der Waals surface area contributed by atoms with Crippen LogP contribution in [0.25, 0.3) is 5.76 Å². The van der Waals surface area contributed by atoms with Gasteiger partial charge in [-0.15, -0.1) is 0 Å². The van der Waals surface area contributed by atoms with Gasteiger partial charge in [-0.3, -0.25) is 14.5 Å². The van der Waals surface area contributed by atoms with Crippen LogP contribution in [0.4, 0.5) is 11.4 Å². The summed E-state index contributed by atoms with van der Waals surface area (Å²) in [5, 5.41) is 11.8. The Balaban J connectivity index is 1.91. The van der Waals surface area contributed by atoms with Crippen molar-refractivity contribution >= 4 is 40.4 Å². The van der Waals surface area contributed by atoms with Gasteiger partial charge in [0.05, 0.1) is 31.4 Å². The van der Waals surface area contributed by atoms with Crippen molar-refractivity contribution < 1.29 is 24.2 Å². The van der Waals surface area contributed by atoms with Crippen molar-refractivity contribution in [1.82, 2.24) is 0 Å². The van der Waals surface area contributed by atoms with Gasteiger partial charge in [-0.1, -0.05) is 23.7 Å². The molecule has 0 spiro atoms. The van der Waals surface area contributed by atoms with Gasteiger partial charge in [-0.25, -0.2) is 0 Å². The summed E-state index contributed by atoms with van der Waals surface area (Å²) in [5.41, 5.74) is 2.35. The van der Waals surface area contributed by atoms with Crippen molar-refractivity contribution in [1.29, 1.82) is 0 Å². The molecule has 7 nitrogen and oxygen atoms in total. The highest BCUT2D eigenvalue weighted by atomic mass is 35.5. The molecule has 0 aromatic heterocycles. The number of methoxy groups -OCH3 is 2. The van der Waals surface area contributed by atoms with Gasteiger partial charge in [0.2, 0.25) is 0 Å². The number of benzene rings is 3. The Hall–Kier alpha value is -3.97. The minimum atomic E-state index is -0.881. The van der Waals surface area contributed by atoms with Gasteiger partial charge in [0.15, 0.2) is 0 Å². The van der Waals surface area contributed by atoms with Crippen LogP contribution in [-0.4, -0.2) is 44.1 Å². The molecule has 1 N–H and O–H groups in total. The fourth-order valence-corrected chi connectivity index (χ4v) is 4.80. The number of anilines is 2. The zero-order chi connectivity index (χ0) is 26.7. The van der Waals surface area contributed by atoms with Crippen LogP contribution in [0.1, 0.15) is 31.0 Å². The van der Waals surface area contributed by atoms with E-state index in [0.29, 0.717) is 27.8 Å². The molecular formula is C29H29ClN2O5. The maximum atomic E-state index is 13.5. The first-order valence-corrected chi connectivity index (χ1v) is 12.4. The molecule has 1 heterocycles. The van der Waals surface area contributed by atoms with Crippen molar-refractivity contribution in [2.24, 2.45) is 0 Å². The Morgan fingerprint density at radius 2 is 1.59 bits per heavy atom. The number of aliphatic hydroxyl groups excluding tert-OH is 1. The van der Waals surface area contributed by atoms with E-state index in [0.717, 1.165) is 18.8 Å². The van der Waals surface area contributed by atoms with Gasteiger partial charge in [0.25, 0.3) is 11.7 Å². The molecule has 1 amide bonds. The molecule has 1 aliphatic heterocycles. The Kier molecular flexibility index (Phi) is 7.74. The Morgan fingerprint density at radius 3 is 2.16 bits per heavy atom. The molecule has 37 heavy (non-hydrogen) atoms. The van der Waals surface area contributed by atoms with E-state index in [9.17, 15) is 14.7 Å². The topological polar surface area (TPSA) is 79.3 Å². The fourth-order valence-electron chi connectivity index (χ4n) is 4.62. The van der Waals surface area contributed by atoms with Gasteiger partial charge in [-0.2, -0.15) is 0 Å². The highest BCUT2D eigenvalue weighted by molar-refractivity contribution is 6.51. The predicted octanol–water partition coefficient (Wildman–Crippen LogP) is 5.83. The van der Waals surface area contributed by atoms with Gasteiger partial charge >= 0.3 is 0 Å². The summed E-state index contributed by atoms with van der Waals surface area (Å²) in [6.45, 7) is 5.83. The fraction of sp³-hybridized carbons (Fsp3) is 0.241. The Morgan fingerprint density at radius 1 is 0.946 bits per heavy atom. The SMILES string of the molecule is CCN(CC)c1ccc(N2C(=O)C(=O)/C(=C(/O)c3cc(Cl)ccc3OC)C2c2ccc(OC)cc2)cc1. The highest BCUT2D eigenvalue weighted by Gasteiger charge is 2.47. The lowest BCUT2D eigenvalue weighted by Gasteiger charge is -2.27. The number of ketones is 1. The minimum absolute atomic E-state index is 0.0523. The molecule has 1 atom stereocenters. The highest BCUT2D eigenvalue weighted by Crippen LogP contribution is 2.44. The van der Waals surface area contributed by atoms with Gasteiger partial charge in [0, 0.05) is 29.5 Å². The Bertz CT molecular complexity index is 1330. The van der Waals surface area contributed by atoms with Crippen LogP contribution in [0.5, 0.6) is 11.5 Å². The number of ether oxygens (including phenoxy) is 2. The van der Waals surface area contributed by atoms with E-state index in [1.54, 1.807) is 43.5 Å². The molecule has 4 rings (SSSR count). The summed E-state index contributed by atoms with van der Waals surface area (Å²) < 4.78 is 10.7. The molecular weight excluding hydrogens is 492 g/mol. The zero-order valence-corrected chi connectivity index (χ0v) is 22.0. The number of nitrogens with zero attached hydrogens (tertiary/aromatic N) is 2. The average molecular weight is 521 g/mol. The maximum Gasteiger partial charge on any atom is 0.300 e. The van der Waals surface area contributed by atoms with E-state index >= 15 is 0 Å². The molecule has 3 aromatic carbocycles.